The lowest BCUT2D eigenvalue weighted by Crippen LogP contribution is -2.41. The second-order valence-corrected chi connectivity index (χ2v) is 6.85. The van der Waals surface area contributed by atoms with E-state index in [4.69, 9.17) is 0 Å². The molecule has 2 nitrogen and oxygen atoms in total. The van der Waals surface area contributed by atoms with Gasteiger partial charge in [-0.15, -0.1) is 0 Å². The highest BCUT2D eigenvalue weighted by molar-refractivity contribution is 9.10. The van der Waals surface area contributed by atoms with Gasteiger partial charge in [-0.05, 0) is 24.6 Å². The van der Waals surface area contributed by atoms with Crippen LogP contribution in [0.15, 0.2) is 22.7 Å². The third kappa shape index (κ3) is 3.05. The average Bonchev–Trinajstić information content (AvgIpc) is 2.31. The number of carbonyl (C=O) groups excluding carboxylic acids is 1. The lowest BCUT2D eigenvalue weighted by molar-refractivity contribution is 0.0762. The monoisotopic (exact) mass is 313 g/mol. The van der Waals surface area contributed by atoms with Crippen LogP contribution < -0.4 is 0 Å². The Kier molecular flexibility index (Phi) is 4.15. The first kappa shape index (κ1) is 13.0. The van der Waals surface area contributed by atoms with Crippen LogP contribution in [0.1, 0.15) is 22.8 Å². The van der Waals surface area contributed by atoms with Gasteiger partial charge < -0.3 is 4.90 Å². The largest absolute Gasteiger partial charge is 0.337 e. The molecule has 92 valence electrons. The summed E-state index contributed by atoms with van der Waals surface area (Å²) in [6, 6.07) is 5.88. The molecule has 1 aliphatic heterocycles. The number of nitrogens with zero attached hydrogens (tertiary/aromatic N) is 1. The van der Waals surface area contributed by atoms with Crippen LogP contribution in [0.5, 0.6) is 0 Å². The summed E-state index contributed by atoms with van der Waals surface area (Å²) in [6.45, 7) is 5.88. The number of thioether (sulfide) groups is 1. The van der Waals surface area contributed by atoms with Crippen molar-refractivity contribution < 1.29 is 4.79 Å². The van der Waals surface area contributed by atoms with Crippen LogP contribution in [0, 0.1) is 6.92 Å². The summed E-state index contributed by atoms with van der Waals surface area (Å²) < 4.78 is 0.964. The molecule has 1 fully saturated rings. The Hall–Kier alpha value is -0.480. The number of carbonyl (C=O) groups is 1. The third-order valence-corrected chi connectivity index (χ3v) is 4.59. The Balaban J connectivity index is 2.21. The van der Waals surface area contributed by atoms with Crippen LogP contribution in [0.25, 0.3) is 0 Å². The van der Waals surface area contributed by atoms with Crippen molar-refractivity contribution >= 4 is 33.6 Å². The van der Waals surface area contributed by atoms with Crippen molar-refractivity contribution in [3.63, 3.8) is 0 Å². The van der Waals surface area contributed by atoms with Gasteiger partial charge in [0, 0.05) is 34.1 Å². The van der Waals surface area contributed by atoms with Crippen LogP contribution >= 0.6 is 27.7 Å². The molecule has 1 saturated heterocycles. The van der Waals surface area contributed by atoms with Crippen LogP contribution in [0.4, 0.5) is 0 Å². The van der Waals surface area contributed by atoms with E-state index in [1.807, 2.05) is 41.8 Å². The van der Waals surface area contributed by atoms with Crippen molar-refractivity contribution in [1.29, 1.82) is 0 Å². The fraction of sp³-hybridized carbons (Fsp3) is 0.462. The van der Waals surface area contributed by atoms with E-state index < -0.39 is 0 Å². The zero-order valence-electron chi connectivity index (χ0n) is 10.1. The second kappa shape index (κ2) is 5.44. The van der Waals surface area contributed by atoms with E-state index in [1.54, 1.807) is 0 Å². The summed E-state index contributed by atoms with van der Waals surface area (Å²) >= 11 is 5.36. The minimum Gasteiger partial charge on any atom is -0.337 e. The van der Waals surface area contributed by atoms with E-state index in [1.165, 1.54) is 0 Å². The molecule has 0 N–H and O–H groups in total. The van der Waals surface area contributed by atoms with Gasteiger partial charge in [-0.25, -0.2) is 0 Å². The molecule has 1 atom stereocenters. The Morgan fingerprint density at radius 1 is 1.53 bits per heavy atom. The molecule has 0 aliphatic carbocycles. The summed E-state index contributed by atoms with van der Waals surface area (Å²) in [5.41, 5.74) is 1.86. The maximum atomic E-state index is 12.4. The topological polar surface area (TPSA) is 20.3 Å². The molecule has 4 heteroatoms. The Bertz CT molecular complexity index is 435. The molecule has 1 amide bonds. The quantitative estimate of drug-likeness (QED) is 0.792. The second-order valence-electron chi connectivity index (χ2n) is 4.39. The number of aryl methyl sites for hydroxylation is 1. The molecule has 1 aromatic carbocycles. The molecular weight excluding hydrogens is 298 g/mol. The molecule has 1 aromatic rings. The van der Waals surface area contributed by atoms with E-state index in [2.05, 4.69) is 22.9 Å². The highest BCUT2D eigenvalue weighted by atomic mass is 79.9. The van der Waals surface area contributed by atoms with Gasteiger partial charge in [0.2, 0.25) is 0 Å². The molecular formula is C13H16BrNOS. The van der Waals surface area contributed by atoms with Gasteiger partial charge >= 0.3 is 0 Å². The highest BCUT2D eigenvalue weighted by Crippen LogP contribution is 2.22. The van der Waals surface area contributed by atoms with Crippen LogP contribution in [0.2, 0.25) is 0 Å². The summed E-state index contributed by atoms with van der Waals surface area (Å²) in [6.07, 6.45) is 0. The molecule has 1 heterocycles. The summed E-state index contributed by atoms with van der Waals surface area (Å²) in [7, 11) is 0. The minimum atomic E-state index is 0.163. The maximum Gasteiger partial charge on any atom is 0.254 e. The van der Waals surface area contributed by atoms with Crippen molar-refractivity contribution in [2.24, 2.45) is 0 Å². The predicted molar refractivity (Wildman–Crippen MR) is 76.7 cm³/mol. The van der Waals surface area contributed by atoms with Crippen LogP contribution in [0.3, 0.4) is 0 Å². The number of rotatable bonds is 1. The van der Waals surface area contributed by atoms with Crippen molar-refractivity contribution in [3.05, 3.63) is 33.8 Å². The molecule has 1 unspecified atom stereocenters. The normalized spacial score (nSPS) is 20.4. The average molecular weight is 314 g/mol. The number of hydrogen-bond donors (Lipinski definition) is 0. The highest BCUT2D eigenvalue weighted by Gasteiger charge is 2.23. The SMILES string of the molecule is Cc1ccc(Br)cc1C(=O)N1CCSC(C)C1. The molecule has 0 bridgehead atoms. The predicted octanol–water partition coefficient (Wildman–Crippen LogP) is 3.34. The smallest absolute Gasteiger partial charge is 0.254 e. The first-order chi connectivity index (χ1) is 8.08. The maximum absolute atomic E-state index is 12.4. The molecule has 2 rings (SSSR count). The molecule has 1 aliphatic rings. The van der Waals surface area contributed by atoms with E-state index in [0.29, 0.717) is 5.25 Å². The van der Waals surface area contributed by atoms with Gasteiger partial charge in [0.15, 0.2) is 0 Å². The molecule has 0 aromatic heterocycles. The third-order valence-electron chi connectivity index (χ3n) is 2.96. The molecule has 0 spiro atoms. The van der Waals surface area contributed by atoms with Gasteiger partial charge in [0.05, 0.1) is 0 Å². The van der Waals surface area contributed by atoms with Gasteiger partial charge in [0.25, 0.3) is 5.91 Å². The van der Waals surface area contributed by atoms with Gasteiger partial charge in [-0.2, -0.15) is 11.8 Å². The zero-order valence-corrected chi connectivity index (χ0v) is 12.5. The van der Waals surface area contributed by atoms with Gasteiger partial charge in [0.1, 0.15) is 0 Å². The Labute approximate surface area is 115 Å². The molecule has 17 heavy (non-hydrogen) atoms. The van der Waals surface area contributed by atoms with Gasteiger partial charge in [-0.1, -0.05) is 28.9 Å². The minimum absolute atomic E-state index is 0.163. The number of halogens is 1. The summed E-state index contributed by atoms with van der Waals surface area (Å²) in [4.78, 5) is 14.4. The van der Waals surface area contributed by atoms with Crippen molar-refractivity contribution in [2.75, 3.05) is 18.8 Å². The summed E-state index contributed by atoms with van der Waals surface area (Å²) in [5, 5.41) is 0.542. The van der Waals surface area contributed by atoms with Crippen LogP contribution in [-0.2, 0) is 0 Å². The van der Waals surface area contributed by atoms with Crippen molar-refractivity contribution in [2.45, 2.75) is 19.1 Å². The molecule has 0 radical (unpaired) electrons. The van der Waals surface area contributed by atoms with E-state index in [-0.39, 0.29) is 5.91 Å². The van der Waals surface area contributed by atoms with E-state index in [0.717, 1.165) is 34.4 Å². The van der Waals surface area contributed by atoms with Crippen molar-refractivity contribution in [1.82, 2.24) is 4.90 Å². The van der Waals surface area contributed by atoms with Crippen LogP contribution in [-0.4, -0.2) is 34.9 Å². The fourth-order valence-electron chi connectivity index (χ4n) is 2.00. The van der Waals surface area contributed by atoms with Crippen molar-refractivity contribution in [3.8, 4) is 0 Å². The fourth-order valence-corrected chi connectivity index (χ4v) is 3.37. The first-order valence-electron chi connectivity index (χ1n) is 5.75. The number of benzene rings is 1. The Morgan fingerprint density at radius 3 is 3.00 bits per heavy atom. The van der Waals surface area contributed by atoms with E-state index >= 15 is 0 Å². The molecule has 0 saturated carbocycles. The first-order valence-corrected chi connectivity index (χ1v) is 7.59. The van der Waals surface area contributed by atoms with Gasteiger partial charge in [-0.3, -0.25) is 4.79 Å². The zero-order chi connectivity index (χ0) is 12.4. The number of hydrogen-bond acceptors (Lipinski definition) is 2. The summed E-state index contributed by atoms with van der Waals surface area (Å²) in [5.74, 6) is 1.20. The van der Waals surface area contributed by atoms with E-state index in [9.17, 15) is 4.79 Å². The lowest BCUT2D eigenvalue weighted by Gasteiger charge is -2.31. The Morgan fingerprint density at radius 2 is 2.29 bits per heavy atom. The lowest BCUT2D eigenvalue weighted by atomic mass is 10.1. The standard InChI is InChI=1S/C13H16BrNOS/c1-9-3-4-11(14)7-12(9)13(16)15-5-6-17-10(2)8-15/h3-4,7,10H,5-6,8H2,1-2H3. The number of amides is 1.